The van der Waals surface area contributed by atoms with Gasteiger partial charge in [0.25, 0.3) is 0 Å². The molecule has 0 spiro atoms. The van der Waals surface area contributed by atoms with Crippen molar-refractivity contribution in [3.05, 3.63) is 29.8 Å². The van der Waals surface area contributed by atoms with Gasteiger partial charge < -0.3 is 10.1 Å². The molecule has 7 heteroatoms. The first-order chi connectivity index (χ1) is 11.7. The lowest BCUT2D eigenvalue weighted by atomic mass is 10.1. The predicted molar refractivity (Wildman–Crippen MR) is 101 cm³/mol. The molecule has 6 nitrogen and oxygen atoms in total. The van der Waals surface area contributed by atoms with Crippen molar-refractivity contribution in [1.82, 2.24) is 5.32 Å². The van der Waals surface area contributed by atoms with Crippen LogP contribution in [0.4, 0.5) is 5.69 Å². The minimum atomic E-state index is -3.59. The van der Waals surface area contributed by atoms with Gasteiger partial charge in [-0.3, -0.25) is 9.10 Å². The first kappa shape index (κ1) is 21.4. The molecule has 1 rings (SSSR count). The summed E-state index contributed by atoms with van der Waals surface area (Å²) < 4.78 is 31.2. The normalized spacial score (nSPS) is 12.9. The number of ether oxygens (including phenoxy) is 1. The fraction of sp³-hybridized carbons (Fsp3) is 0.611. The zero-order chi connectivity index (χ0) is 19.0. The lowest BCUT2D eigenvalue weighted by Gasteiger charge is -2.30. The summed E-state index contributed by atoms with van der Waals surface area (Å²) in [6, 6.07) is 6.35. The van der Waals surface area contributed by atoms with E-state index in [1.165, 1.54) is 4.31 Å². The molecule has 1 N–H and O–H groups in total. The molecule has 0 radical (unpaired) electrons. The average Bonchev–Trinajstić information content (AvgIpc) is 2.51. The van der Waals surface area contributed by atoms with Crippen LogP contribution < -0.4 is 9.62 Å². The lowest BCUT2D eigenvalue weighted by Crippen LogP contribution is -2.49. The zero-order valence-corrected chi connectivity index (χ0v) is 16.6. The highest BCUT2D eigenvalue weighted by molar-refractivity contribution is 7.92. The standard InChI is InChI=1S/C18H30N2O4S/c1-6-17(18(21)19-12-7-13-24-14(2)3)20(25(5,22)23)16-10-8-15(4)9-11-16/h8-11,14,17H,6-7,12-13H2,1-5H3,(H,19,21). The molecule has 1 amide bonds. The number of rotatable bonds is 10. The maximum Gasteiger partial charge on any atom is 0.243 e. The van der Waals surface area contributed by atoms with Crippen LogP contribution in [0.3, 0.4) is 0 Å². The molecule has 0 aromatic heterocycles. The fourth-order valence-corrected chi connectivity index (χ4v) is 3.68. The minimum Gasteiger partial charge on any atom is -0.379 e. The van der Waals surface area contributed by atoms with Gasteiger partial charge in [0.05, 0.1) is 18.0 Å². The Hall–Kier alpha value is -1.60. The molecule has 1 aromatic rings. The van der Waals surface area contributed by atoms with Crippen molar-refractivity contribution in [2.75, 3.05) is 23.7 Å². The van der Waals surface area contributed by atoms with Gasteiger partial charge in [-0.2, -0.15) is 0 Å². The number of carbonyl (C=O) groups excluding carboxylic acids is 1. The molecule has 25 heavy (non-hydrogen) atoms. The van der Waals surface area contributed by atoms with Crippen molar-refractivity contribution < 1.29 is 17.9 Å². The monoisotopic (exact) mass is 370 g/mol. The van der Waals surface area contributed by atoms with Crippen LogP contribution in [0.1, 0.15) is 39.2 Å². The number of aryl methyl sites for hydroxylation is 1. The molecule has 1 atom stereocenters. The molecule has 1 unspecified atom stereocenters. The Morgan fingerprint density at radius 2 is 1.84 bits per heavy atom. The SMILES string of the molecule is CCC(C(=O)NCCCOC(C)C)N(c1ccc(C)cc1)S(C)(=O)=O. The van der Waals surface area contributed by atoms with Gasteiger partial charge in [0.1, 0.15) is 6.04 Å². The molecule has 0 fully saturated rings. The van der Waals surface area contributed by atoms with Crippen LogP contribution in [-0.4, -0.2) is 45.9 Å². The van der Waals surface area contributed by atoms with E-state index < -0.39 is 16.1 Å². The summed E-state index contributed by atoms with van der Waals surface area (Å²) in [5.74, 6) is -0.293. The van der Waals surface area contributed by atoms with Crippen LogP contribution in [-0.2, 0) is 19.6 Å². The van der Waals surface area contributed by atoms with Gasteiger partial charge in [0, 0.05) is 13.2 Å². The molecule has 1 aromatic carbocycles. The maximum absolute atomic E-state index is 12.5. The van der Waals surface area contributed by atoms with Gasteiger partial charge in [-0.25, -0.2) is 8.42 Å². The first-order valence-corrected chi connectivity index (χ1v) is 10.5. The minimum absolute atomic E-state index is 0.154. The number of hydrogen-bond acceptors (Lipinski definition) is 4. The summed E-state index contributed by atoms with van der Waals surface area (Å²) in [4.78, 5) is 12.5. The summed E-state index contributed by atoms with van der Waals surface area (Å²) in [6.45, 7) is 8.65. The number of carbonyl (C=O) groups is 1. The third-order valence-corrected chi connectivity index (χ3v) is 4.87. The van der Waals surface area contributed by atoms with E-state index in [4.69, 9.17) is 4.74 Å². The zero-order valence-electron chi connectivity index (χ0n) is 15.8. The average molecular weight is 371 g/mol. The molecule has 0 saturated heterocycles. The Morgan fingerprint density at radius 1 is 1.24 bits per heavy atom. The molecule has 0 aliphatic rings. The van der Waals surface area contributed by atoms with Crippen LogP contribution in [0.15, 0.2) is 24.3 Å². The van der Waals surface area contributed by atoms with Crippen LogP contribution in [0.25, 0.3) is 0 Å². The molecule has 0 aliphatic heterocycles. The Balaban J connectivity index is 2.84. The highest BCUT2D eigenvalue weighted by atomic mass is 32.2. The summed E-state index contributed by atoms with van der Waals surface area (Å²) in [6.07, 6.45) is 2.35. The van der Waals surface area contributed by atoms with E-state index in [1.807, 2.05) is 32.9 Å². The lowest BCUT2D eigenvalue weighted by molar-refractivity contribution is -0.122. The second kappa shape index (κ2) is 9.77. The molecule has 0 saturated carbocycles. The smallest absolute Gasteiger partial charge is 0.243 e. The van der Waals surface area contributed by atoms with E-state index in [2.05, 4.69) is 5.32 Å². The molecule has 142 valence electrons. The Morgan fingerprint density at radius 3 is 2.32 bits per heavy atom. The summed E-state index contributed by atoms with van der Waals surface area (Å²) in [5.41, 5.74) is 1.53. The van der Waals surface area contributed by atoms with Gasteiger partial charge in [-0.05, 0) is 45.7 Å². The van der Waals surface area contributed by atoms with Crippen LogP contribution in [0, 0.1) is 6.92 Å². The molecular formula is C18H30N2O4S. The Labute approximate surface area is 151 Å². The van der Waals surface area contributed by atoms with Crippen molar-refractivity contribution in [2.45, 2.75) is 52.7 Å². The molecule has 0 aliphatic carbocycles. The number of benzene rings is 1. The van der Waals surface area contributed by atoms with Crippen LogP contribution in [0.5, 0.6) is 0 Å². The van der Waals surface area contributed by atoms with Crippen molar-refractivity contribution >= 4 is 21.6 Å². The third-order valence-electron chi connectivity index (χ3n) is 3.69. The fourth-order valence-electron chi connectivity index (χ4n) is 2.47. The van der Waals surface area contributed by atoms with E-state index in [-0.39, 0.29) is 12.0 Å². The first-order valence-electron chi connectivity index (χ1n) is 8.62. The predicted octanol–water partition coefficient (Wildman–Crippen LogP) is 2.47. The Bertz CT molecular complexity index is 642. The van der Waals surface area contributed by atoms with E-state index in [0.717, 1.165) is 11.8 Å². The van der Waals surface area contributed by atoms with E-state index >= 15 is 0 Å². The number of amides is 1. The number of sulfonamides is 1. The van der Waals surface area contributed by atoms with Gasteiger partial charge >= 0.3 is 0 Å². The van der Waals surface area contributed by atoms with Crippen molar-refractivity contribution in [2.24, 2.45) is 0 Å². The van der Waals surface area contributed by atoms with Gasteiger partial charge in [-0.15, -0.1) is 0 Å². The van der Waals surface area contributed by atoms with Gasteiger partial charge in [0.2, 0.25) is 15.9 Å². The highest BCUT2D eigenvalue weighted by Gasteiger charge is 2.31. The second-order valence-corrected chi connectivity index (χ2v) is 8.24. The number of hydrogen-bond donors (Lipinski definition) is 1. The molecule has 0 bridgehead atoms. The largest absolute Gasteiger partial charge is 0.379 e. The Kier molecular flexibility index (Phi) is 8.38. The third kappa shape index (κ3) is 7.04. The quantitative estimate of drug-likeness (QED) is 0.642. The highest BCUT2D eigenvalue weighted by Crippen LogP contribution is 2.22. The number of anilines is 1. The maximum atomic E-state index is 12.5. The van der Waals surface area contributed by atoms with E-state index in [1.54, 1.807) is 19.1 Å². The summed E-state index contributed by atoms with van der Waals surface area (Å²) in [5, 5.41) is 2.82. The number of nitrogens with zero attached hydrogens (tertiary/aromatic N) is 1. The summed E-state index contributed by atoms with van der Waals surface area (Å²) in [7, 11) is -3.59. The van der Waals surface area contributed by atoms with Crippen molar-refractivity contribution in [1.29, 1.82) is 0 Å². The number of nitrogens with one attached hydrogen (secondary N) is 1. The molecular weight excluding hydrogens is 340 g/mol. The van der Waals surface area contributed by atoms with Crippen molar-refractivity contribution in [3.63, 3.8) is 0 Å². The van der Waals surface area contributed by atoms with Crippen molar-refractivity contribution in [3.8, 4) is 0 Å². The molecule has 0 heterocycles. The van der Waals surface area contributed by atoms with Crippen LogP contribution in [0.2, 0.25) is 0 Å². The topological polar surface area (TPSA) is 75.7 Å². The van der Waals surface area contributed by atoms with Crippen LogP contribution >= 0.6 is 0 Å². The summed E-state index contributed by atoms with van der Waals surface area (Å²) >= 11 is 0. The van der Waals surface area contributed by atoms with E-state index in [0.29, 0.717) is 31.7 Å². The van der Waals surface area contributed by atoms with E-state index in [9.17, 15) is 13.2 Å². The van der Waals surface area contributed by atoms with Gasteiger partial charge in [0.15, 0.2) is 0 Å². The second-order valence-electron chi connectivity index (χ2n) is 6.38. The van der Waals surface area contributed by atoms with Gasteiger partial charge in [-0.1, -0.05) is 24.6 Å².